The lowest BCUT2D eigenvalue weighted by Gasteiger charge is -2.20. The monoisotopic (exact) mass is 252 g/mol. The van der Waals surface area contributed by atoms with Crippen LogP contribution in [0.15, 0.2) is 42.6 Å². The zero-order valence-electron chi connectivity index (χ0n) is 11.0. The Kier molecular flexibility index (Phi) is 3.79. The molecule has 19 heavy (non-hydrogen) atoms. The van der Waals surface area contributed by atoms with E-state index in [1.165, 1.54) is 0 Å². The van der Waals surface area contributed by atoms with Crippen LogP contribution in [-0.2, 0) is 0 Å². The van der Waals surface area contributed by atoms with Crippen molar-refractivity contribution in [1.29, 1.82) is 5.26 Å². The Labute approximate surface area is 113 Å². The minimum absolute atomic E-state index is 0.0404. The number of nitrogens with zero attached hydrogens (tertiary/aromatic N) is 3. The fraction of sp³-hybridized carbons (Fsp3) is 0.200. The van der Waals surface area contributed by atoms with Crippen molar-refractivity contribution in [1.82, 2.24) is 4.98 Å². The number of anilines is 2. The van der Waals surface area contributed by atoms with Crippen molar-refractivity contribution in [2.75, 3.05) is 11.9 Å². The minimum atomic E-state index is -0.0404. The Bertz CT molecular complexity index is 614. The Morgan fingerprint density at radius 2 is 2.05 bits per heavy atom. The molecule has 0 radical (unpaired) electrons. The van der Waals surface area contributed by atoms with E-state index in [9.17, 15) is 0 Å². The summed E-state index contributed by atoms with van der Waals surface area (Å²) in [4.78, 5) is 6.23. The van der Waals surface area contributed by atoms with Crippen LogP contribution in [0.5, 0.6) is 0 Å². The van der Waals surface area contributed by atoms with Crippen molar-refractivity contribution in [3.8, 4) is 6.07 Å². The fourth-order valence-corrected chi connectivity index (χ4v) is 1.88. The van der Waals surface area contributed by atoms with Crippen LogP contribution in [0, 0.1) is 11.3 Å². The summed E-state index contributed by atoms with van der Waals surface area (Å²) in [6.45, 7) is 1.93. The maximum Gasteiger partial charge on any atom is 0.133 e. The number of hydrogen-bond acceptors (Lipinski definition) is 4. The van der Waals surface area contributed by atoms with E-state index in [1.54, 1.807) is 12.3 Å². The van der Waals surface area contributed by atoms with Crippen molar-refractivity contribution in [3.05, 3.63) is 53.7 Å². The van der Waals surface area contributed by atoms with Gasteiger partial charge < -0.3 is 10.6 Å². The Morgan fingerprint density at radius 3 is 2.74 bits per heavy atom. The van der Waals surface area contributed by atoms with Crippen LogP contribution < -0.4 is 10.6 Å². The van der Waals surface area contributed by atoms with E-state index in [0.717, 1.165) is 17.1 Å². The van der Waals surface area contributed by atoms with Crippen molar-refractivity contribution >= 4 is 11.5 Å². The van der Waals surface area contributed by atoms with Crippen LogP contribution in [-0.4, -0.2) is 12.0 Å². The average molecular weight is 252 g/mol. The SMILES string of the molecule is CC(N)c1ccnc(N(C)c2ccccc2C#N)c1. The second kappa shape index (κ2) is 5.51. The first kappa shape index (κ1) is 13.1. The van der Waals surface area contributed by atoms with E-state index >= 15 is 0 Å². The molecule has 1 aromatic carbocycles. The molecule has 0 fully saturated rings. The first-order valence-electron chi connectivity index (χ1n) is 6.08. The molecule has 2 aromatic rings. The average Bonchev–Trinajstić information content (AvgIpc) is 2.46. The summed E-state index contributed by atoms with van der Waals surface area (Å²) in [6, 6.07) is 13.4. The van der Waals surface area contributed by atoms with E-state index in [4.69, 9.17) is 11.0 Å². The normalized spacial score (nSPS) is 11.7. The summed E-state index contributed by atoms with van der Waals surface area (Å²) in [7, 11) is 1.89. The Hall–Kier alpha value is -2.38. The highest BCUT2D eigenvalue weighted by molar-refractivity contribution is 5.66. The molecule has 2 N–H and O–H groups in total. The van der Waals surface area contributed by atoms with E-state index in [0.29, 0.717) is 5.56 Å². The highest BCUT2D eigenvalue weighted by Gasteiger charge is 2.11. The highest BCUT2D eigenvalue weighted by atomic mass is 15.2. The molecule has 0 bridgehead atoms. The molecule has 4 nitrogen and oxygen atoms in total. The van der Waals surface area contributed by atoms with E-state index in [-0.39, 0.29) is 6.04 Å². The number of aromatic nitrogens is 1. The van der Waals surface area contributed by atoms with Crippen LogP contribution in [0.4, 0.5) is 11.5 Å². The van der Waals surface area contributed by atoms with Gasteiger partial charge in [0, 0.05) is 19.3 Å². The molecular weight excluding hydrogens is 236 g/mol. The Morgan fingerprint density at radius 1 is 1.32 bits per heavy atom. The molecule has 1 unspecified atom stereocenters. The molecule has 0 aliphatic heterocycles. The summed E-state index contributed by atoms with van der Waals surface area (Å²) in [6.07, 6.45) is 1.74. The highest BCUT2D eigenvalue weighted by Crippen LogP contribution is 2.26. The molecule has 0 saturated carbocycles. The summed E-state index contributed by atoms with van der Waals surface area (Å²) < 4.78 is 0. The third-order valence-corrected chi connectivity index (χ3v) is 3.02. The van der Waals surface area contributed by atoms with Gasteiger partial charge in [0.15, 0.2) is 0 Å². The van der Waals surface area contributed by atoms with Gasteiger partial charge >= 0.3 is 0 Å². The van der Waals surface area contributed by atoms with Crippen LogP contribution >= 0.6 is 0 Å². The van der Waals surface area contributed by atoms with Crippen LogP contribution in [0.2, 0.25) is 0 Å². The van der Waals surface area contributed by atoms with Gasteiger partial charge in [-0.15, -0.1) is 0 Å². The second-order valence-electron chi connectivity index (χ2n) is 4.42. The summed E-state index contributed by atoms with van der Waals surface area (Å²) in [5, 5.41) is 9.14. The van der Waals surface area contributed by atoms with Gasteiger partial charge in [0.25, 0.3) is 0 Å². The molecule has 1 heterocycles. The maximum absolute atomic E-state index is 9.14. The van der Waals surface area contributed by atoms with Crippen LogP contribution in [0.25, 0.3) is 0 Å². The quantitative estimate of drug-likeness (QED) is 0.912. The smallest absolute Gasteiger partial charge is 0.133 e. The number of nitriles is 1. The molecule has 2 rings (SSSR count). The third kappa shape index (κ3) is 2.72. The third-order valence-electron chi connectivity index (χ3n) is 3.02. The van der Waals surface area contributed by atoms with Gasteiger partial charge in [-0.3, -0.25) is 0 Å². The number of nitrogens with two attached hydrogens (primary N) is 1. The lowest BCUT2D eigenvalue weighted by Crippen LogP contribution is -2.14. The second-order valence-corrected chi connectivity index (χ2v) is 4.42. The van der Waals surface area contributed by atoms with Crippen molar-refractivity contribution < 1.29 is 0 Å². The summed E-state index contributed by atoms with van der Waals surface area (Å²) in [5.74, 6) is 0.775. The largest absolute Gasteiger partial charge is 0.328 e. The molecule has 96 valence electrons. The molecule has 1 atom stereocenters. The number of hydrogen-bond donors (Lipinski definition) is 1. The maximum atomic E-state index is 9.14. The minimum Gasteiger partial charge on any atom is -0.328 e. The molecule has 0 amide bonds. The van der Waals surface area contributed by atoms with Gasteiger partial charge in [-0.2, -0.15) is 5.26 Å². The van der Waals surface area contributed by atoms with Gasteiger partial charge in [0.1, 0.15) is 11.9 Å². The predicted octanol–water partition coefficient (Wildman–Crippen LogP) is 2.74. The van der Waals surface area contributed by atoms with Gasteiger partial charge in [-0.05, 0) is 36.8 Å². The van der Waals surface area contributed by atoms with Gasteiger partial charge in [0.2, 0.25) is 0 Å². The topological polar surface area (TPSA) is 65.9 Å². The molecular formula is C15H16N4. The van der Waals surface area contributed by atoms with Crippen molar-refractivity contribution in [2.45, 2.75) is 13.0 Å². The van der Waals surface area contributed by atoms with E-state index < -0.39 is 0 Å². The molecule has 0 spiro atoms. The number of rotatable bonds is 3. The standard InChI is InChI=1S/C15H16N4/c1-11(17)12-7-8-18-15(9-12)19(2)14-6-4-3-5-13(14)10-16/h3-9,11H,17H2,1-2H3. The molecule has 0 aliphatic rings. The van der Waals surface area contributed by atoms with E-state index in [1.807, 2.05) is 49.2 Å². The first-order chi connectivity index (χ1) is 9.13. The fourth-order valence-electron chi connectivity index (χ4n) is 1.88. The Balaban J connectivity index is 2.42. The molecule has 0 saturated heterocycles. The molecule has 1 aromatic heterocycles. The van der Waals surface area contributed by atoms with E-state index in [2.05, 4.69) is 11.1 Å². The first-order valence-corrected chi connectivity index (χ1v) is 6.08. The number of pyridine rings is 1. The molecule has 0 aliphatic carbocycles. The molecule has 4 heteroatoms. The van der Waals surface area contributed by atoms with Gasteiger partial charge in [-0.25, -0.2) is 4.98 Å². The summed E-state index contributed by atoms with van der Waals surface area (Å²) in [5.41, 5.74) is 8.35. The lowest BCUT2D eigenvalue weighted by molar-refractivity contribution is 0.814. The van der Waals surface area contributed by atoms with Crippen molar-refractivity contribution in [2.24, 2.45) is 5.73 Å². The van der Waals surface area contributed by atoms with Gasteiger partial charge in [0.05, 0.1) is 11.3 Å². The predicted molar refractivity (Wildman–Crippen MR) is 76.1 cm³/mol. The lowest BCUT2D eigenvalue weighted by atomic mass is 10.1. The van der Waals surface area contributed by atoms with Crippen molar-refractivity contribution in [3.63, 3.8) is 0 Å². The van der Waals surface area contributed by atoms with Crippen LogP contribution in [0.3, 0.4) is 0 Å². The zero-order valence-corrected chi connectivity index (χ0v) is 11.0. The van der Waals surface area contributed by atoms with Gasteiger partial charge in [-0.1, -0.05) is 12.1 Å². The van der Waals surface area contributed by atoms with Crippen LogP contribution in [0.1, 0.15) is 24.1 Å². The zero-order chi connectivity index (χ0) is 13.8. The summed E-state index contributed by atoms with van der Waals surface area (Å²) >= 11 is 0. The number of benzene rings is 1. The number of para-hydroxylation sites is 1.